The van der Waals surface area contributed by atoms with Crippen molar-refractivity contribution < 1.29 is 14.3 Å². The van der Waals surface area contributed by atoms with Crippen molar-refractivity contribution in [3.8, 4) is 0 Å². The summed E-state index contributed by atoms with van der Waals surface area (Å²) in [6.45, 7) is 0. The average molecular weight is 228 g/mol. The van der Waals surface area contributed by atoms with E-state index in [-0.39, 0.29) is 10.7 Å². The Kier molecular flexibility index (Phi) is 2.20. The van der Waals surface area contributed by atoms with E-state index in [0.717, 1.165) is 11.3 Å². The largest absolute Gasteiger partial charge is 0.478 e. The second kappa shape index (κ2) is 3.25. The molecule has 0 radical (unpaired) electrons. The minimum atomic E-state index is -1.05. The summed E-state index contributed by atoms with van der Waals surface area (Å²) in [5.41, 5.74) is 0.0997. The summed E-state index contributed by atoms with van der Waals surface area (Å²) in [5, 5.41) is 9.15. The van der Waals surface area contributed by atoms with Crippen LogP contribution < -0.4 is 0 Å². The minimum absolute atomic E-state index is 0.0997. The highest BCUT2D eigenvalue weighted by molar-refractivity contribution is 7.80. The van der Waals surface area contributed by atoms with Crippen LogP contribution in [0.5, 0.6) is 0 Å². The SMILES string of the molecule is O=C(O)c1cc2sc(F)cc2cc1S. The van der Waals surface area contributed by atoms with Crippen LogP contribution in [0.25, 0.3) is 10.1 Å². The van der Waals surface area contributed by atoms with Gasteiger partial charge >= 0.3 is 5.97 Å². The molecule has 2 aromatic rings. The number of thiol groups is 1. The number of aromatic carboxylic acids is 1. The lowest BCUT2D eigenvalue weighted by Gasteiger charge is -1.98. The summed E-state index contributed by atoms with van der Waals surface area (Å²) < 4.78 is 13.5. The van der Waals surface area contributed by atoms with Crippen LogP contribution in [0.4, 0.5) is 4.39 Å². The number of thiophene rings is 1. The number of fused-ring (bicyclic) bond motifs is 1. The fourth-order valence-electron chi connectivity index (χ4n) is 1.21. The van der Waals surface area contributed by atoms with Crippen LogP contribution in [0.2, 0.25) is 0 Å². The number of carbonyl (C=O) groups is 1. The molecular formula is C9H5FO2S2. The molecule has 72 valence electrons. The zero-order valence-electron chi connectivity index (χ0n) is 6.82. The van der Waals surface area contributed by atoms with Gasteiger partial charge in [-0.15, -0.1) is 24.0 Å². The lowest BCUT2D eigenvalue weighted by molar-refractivity contribution is 0.0693. The maximum absolute atomic E-state index is 12.8. The predicted molar refractivity (Wildman–Crippen MR) is 56.0 cm³/mol. The van der Waals surface area contributed by atoms with Crippen LogP contribution in [-0.4, -0.2) is 11.1 Å². The molecule has 0 fully saturated rings. The maximum atomic E-state index is 12.8. The molecule has 1 aromatic heterocycles. The molecule has 0 spiro atoms. The van der Waals surface area contributed by atoms with Gasteiger partial charge in [0.25, 0.3) is 0 Å². The Morgan fingerprint density at radius 3 is 2.79 bits per heavy atom. The van der Waals surface area contributed by atoms with Crippen molar-refractivity contribution in [2.24, 2.45) is 0 Å². The van der Waals surface area contributed by atoms with Gasteiger partial charge in [-0.05, 0) is 23.6 Å². The number of rotatable bonds is 1. The molecule has 0 bridgehead atoms. The van der Waals surface area contributed by atoms with E-state index in [1.54, 1.807) is 6.07 Å². The molecule has 0 amide bonds. The number of hydrogen-bond donors (Lipinski definition) is 2. The molecule has 0 aliphatic heterocycles. The number of halogens is 1. The molecule has 0 atom stereocenters. The molecule has 2 nitrogen and oxygen atoms in total. The summed E-state index contributed by atoms with van der Waals surface area (Å²) >= 11 is 4.95. The molecule has 5 heteroatoms. The fraction of sp³-hybridized carbons (Fsp3) is 0. The molecule has 14 heavy (non-hydrogen) atoms. The first kappa shape index (κ1) is 9.48. The highest BCUT2D eigenvalue weighted by Gasteiger charge is 2.11. The third kappa shape index (κ3) is 1.49. The van der Waals surface area contributed by atoms with E-state index in [2.05, 4.69) is 12.6 Å². The molecule has 1 heterocycles. The van der Waals surface area contributed by atoms with Crippen molar-refractivity contribution >= 4 is 40.0 Å². The van der Waals surface area contributed by atoms with Gasteiger partial charge in [-0.1, -0.05) is 0 Å². The highest BCUT2D eigenvalue weighted by Crippen LogP contribution is 2.29. The molecule has 0 aliphatic carbocycles. The topological polar surface area (TPSA) is 37.3 Å². The van der Waals surface area contributed by atoms with Crippen molar-refractivity contribution in [2.75, 3.05) is 0 Å². The Bertz CT molecular complexity index is 519. The lowest BCUT2D eigenvalue weighted by atomic mass is 10.2. The standard InChI is InChI=1S/C9H5FO2S2/c10-8-2-4-1-6(13)5(9(11)12)3-7(4)14-8/h1-3,13H,(H,11,12). The van der Waals surface area contributed by atoms with Gasteiger partial charge in [0.2, 0.25) is 0 Å². The van der Waals surface area contributed by atoms with Gasteiger partial charge < -0.3 is 5.11 Å². The van der Waals surface area contributed by atoms with Crippen molar-refractivity contribution in [2.45, 2.75) is 4.90 Å². The summed E-state index contributed by atoms with van der Waals surface area (Å²) in [6.07, 6.45) is 0. The molecular weight excluding hydrogens is 223 g/mol. The third-order valence-corrected chi connectivity index (χ3v) is 3.09. The summed E-state index contributed by atoms with van der Waals surface area (Å²) in [4.78, 5) is 11.1. The molecule has 0 aliphatic rings. The Balaban J connectivity index is 2.76. The Morgan fingerprint density at radius 1 is 1.43 bits per heavy atom. The van der Waals surface area contributed by atoms with Crippen molar-refractivity contribution in [3.05, 3.63) is 28.9 Å². The Labute approximate surface area is 88.4 Å². The first-order valence-corrected chi connectivity index (χ1v) is 4.99. The Hall–Kier alpha value is -1.07. The van der Waals surface area contributed by atoms with E-state index in [1.165, 1.54) is 12.1 Å². The van der Waals surface area contributed by atoms with Crippen molar-refractivity contribution in [3.63, 3.8) is 0 Å². The molecule has 0 saturated heterocycles. The van der Waals surface area contributed by atoms with Gasteiger partial charge in [0, 0.05) is 9.60 Å². The minimum Gasteiger partial charge on any atom is -0.478 e. The maximum Gasteiger partial charge on any atom is 0.336 e. The normalized spacial score (nSPS) is 10.7. The third-order valence-electron chi connectivity index (χ3n) is 1.83. The molecule has 0 saturated carbocycles. The van der Waals surface area contributed by atoms with Crippen LogP contribution in [0.15, 0.2) is 23.1 Å². The monoisotopic (exact) mass is 228 g/mol. The van der Waals surface area contributed by atoms with Gasteiger partial charge in [0.15, 0.2) is 5.13 Å². The van der Waals surface area contributed by atoms with Crippen molar-refractivity contribution in [1.82, 2.24) is 0 Å². The second-order valence-corrected chi connectivity index (χ2v) is 4.28. The number of benzene rings is 1. The van der Waals surface area contributed by atoms with E-state index in [0.29, 0.717) is 15.0 Å². The number of carboxylic acid groups (broad SMARTS) is 1. The first-order valence-electron chi connectivity index (χ1n) is 3.73. The van der Waals surface area contributed by atoms with Gasteiger partial charge in [0.05, 0.1) is 5.56 Å². The fourth-order valence-corrected chi connectivity index (χ4v) is 2.32. The molecule has 2 rings (SSSR count). The van der Waals surface area contributed by atoms with Crippen LogP contribution in [0, 0.1) is 5.13 Å². The second-order valence-electron chi connectivity index (χ2n) is 2.76. The Morgan fingerprint density at radius 2 is 2.14 bits per heavy atom. The average Bonchev–Trinajstić information content (AvgIpc) is 2.42. The van der Waals surface area contributed by atoms with E-state index < -0.39 is 5.97 Å². The lowest BCUT2D eigenvalue weighted by Crippen LogP contribution is -1.96. The van der Waals surface area contributed by atoms with E-state index >= 15 is 0 Å². The smallest absolute Gasteiger partial charge is 0.336 e. The van der Waals surface area contributed by atoms with Gasteiger partial charge in [-0.25, -0.2) is 4.79 Å². The van der Waals surface area contributed by atoms with Crippen LogP contribution >= 0.6 is 24.0 Å². The van der Waals surface area contributed by atoms with E-state index in [4.69, 9.17) is 5.11 Å². The summed E-state index contributed by atoms with van der Waals surface area (Å²) in [7, 11) is 0. The van der Waals surface area contributed by atoms with Gasteiger partial charge in [-0.3, -0.25) is 0 Å². The summed E-state index contributed by atoms with van der Waals surface area (Å²) in [5.74, 6) is -1.05. The van der Waals surface area contributed by atoms with Crippen LogP contribution in [0.1, 0.15) is 10.4 Å². The molecule has 0 unspecified atom stereocenters. The molecule has 1 N–H and O–H groups in total. The highest BCUT2D eigenvalue weighted by atomic mass is 32.1. The zero-order valence-corrected chi connectivity index (χ0v) is 8.53. The number of carboxylic acids is 1. The molecule has 1 aromatic carbocycles. The van der Waals surface area contributed by atoms with Crippen molar-refractivity contribution in [1.29, 1.82) is 0 Å². The van der Waals surface area contributed by atoms with E-state index in [1.807, 2.05) is 0 Å². The van der Waals surface area contributed by atoms with Crippen LogP contribution in [-0.2, 0) is 0 Å². The zero-order chi connectivity index (χ0) is 10.3. The first-order chi connectivity index (χ1) is 6.58. The van der Waals surface area contributed by atoms with Crippen LogP contribution in [0.3, 0.4) is 0 Å². The van der Waals surface area contributed by atoms with Gasteiger partial charge in [0.1, 0.15) is 0 Å². The quantitative estimate of drug-likeness (QED) is 0.736. The van der Waals surface area contributed by atoms with E-state index in [9.17, 15) is 9.18 Å². The van der Waals surface area contributed by atoms with Gasteiger partial charge in [-0.2, -0.15) is 4.39 Å². The number of hydrogen-bond acceptors (Lipinski definition) is 3. The summed E-state index contributed by atoms with van der Waals surface area (Å²) in [6, 6.07) is 4.36. The predicted octanol–water partition coefficient (Wildman–Crippen LogP) is 3.03.